The Bertz CT molecular complexity index is 711. The maximum Gasteiger partial charge on any atom is 0.159 e. The molecule has 1 aliphatic carbocycles. The highest BCUT2D eigenvalue weighted by molar-refractivity contribution is 6.28. The smallest absolute Gasteiger partial charge is 0.159 e. The maximum absolute atomic E-state index is 11.7. The van der Waals surface area contributed by atoms with Gasteiger partial charge < -0.3 is 0 Å². The highest BCUT2D eigenvalue weighted by Gasteiger charge is 2.44. The van der Waals surface area contributed by atoms with Crippen molar-refractivity contribution in [2.24, 2.45) is 5.92 Å². The molecule has 1 fully saturated rings. The Labute approximate surface area is 127 Å². The monoisotopic (exact) mass is 305 g/mol. The number of nitrogens with zero attached hydrogens (tertiary/aromatic N) is 5. The van der Waals surface area contributed by atoms with Crippen LogP contribution in [0.25, 0.3) is 5.82 Å². The van der Waals surface area contributed by atoms with Crippen LogP contribution in [0.5, 0.6) is 0 Å². The van der Waals surface area contributed by atoms with Crippen molar-refractivity contribution in [1.82, 2.24) is 24.7 Å². The number of ketones is 1. The first kappa shape index (κ1) is 14.1. The summed E-state index contributed by atoms with van der Waals surface area (Å²) in [6.07, 6.45) is 0.816. The lowest BCUT2D eigenvalue weighted by atomic mass is 10.2. The van der Waals surface area contributed by atoms with Gasteiger partial charge in [-0.3, -0.25) is 4.79 Å². The Morgan fingerprint density at radius 1 is 1.29 bits per heavy atom. The van der Waals surface area contributed by atoms with Crippen molar-refractivity contribution >= 4 is 17.4 Å². The van der Waals surface area contributed by atoms with Gasteiger partial charge >= 0.3 is 0 Å². The Kier molecular flexibility index (Phi) is 3.49. The van der Waals surface area contributed by atoms with Crippen molar-refractivity contribution in [2.45, 2.75) is 33.1 Å². The molecule has 0 N–H and O–H groups in total. The van der Waals surface area contributed by atoms with E-state index in [0.29, 0.717) is 17.5 Å². The third kappa shape index (κ3) is 2.68. The molecule has 1 aliphatic rings. The van der Waals surface area contributed by atoms with Crippen molar-refractivity contribution in [3.05, 3.63) is 29.2 Å². The molecule has 2 aromatic heterocycles. The van der Waals surface area contributed by atoms with E-state index >= 15 is 0 Å². The summed E-state index contributed by atoms with van der Waals surface area (Å²) in [6.45, 7) is 5.56. The van der Waals surface area contributed by atoms with Gasteiger partial charge in [0, 0.05) is 17.9 Å². The van der Waals surface area contributed by atoms with E-state index in [1.807, 2.05) is 26.8 Å². The molecular formula is C14H16ClN5O. The summed E-state index contributed by atoms with van der Waals surface area (Å²) in [6, 6.07) is 1.89. The minimum Gasteiger partial charge on any atom is -0.298 e. The summed E-state index contributed by atoms with van der Waals surface area (Å²) in [5.74, 6) is 3.16. The van der Waals surface area contributed by atoms with Crippen LogP contribution in [0.4, 0.5) is 0 Å². The number of rotatable bonds is 4. The van der Waals surface area contributed by atoms with Gasteiger partial charge in [-0.05, 0) is 27.2 Å². The van der Waals surface area contributed by atoms with Crippen LogP contribution in [0, 0.1) is 26.7 Å². The second-order valence-electron chi connectivity index (χ2n) is 5.36. The minimum absolute atomic E-state index is 0.00299. The zero-order valence-electron chi connectivity index (χ0n) is 12.2. The van der Waals surface area contributed by atoms with Crippen LogP contribution in [0.3, 0.4) is 0 Å². The van der Waals surface area contributed by atoms with Gasteiger partial charge in [0.15, 0.2) is 11.6 Å². The third-order valence-corrected chi connectivity index (χ3v) is 3.92. The molecule has 0 aromatic carbocycles. The van der Waals surface area contributed by atoms with Crippen LogP contribution < -0.4 is 0 Å². The van der Waals surface area contributed by atoms with Crippen LogP contribution in [0.1, 0.15) is 35.5 Å². The Morgan fingerprint density at radius 3 is 2.67 bits per heavy atom. The van der Waals surface area contributed by atoms with Crippen LogP contribution in [-0.4, -0.2) is 36.4 Å². The van der Waals surface area contributed by atoms with E-state index in [1.165, 1.54) is 0 Å². The SMILES string of the molecule is Cc1nc([C@@H]2C[C@H]2C(=O)CCl)cc(-n2nc(C)nc2C)n1. The van der Waals surface area contributed by atoms with Gasteiger partial charge in [-0.1, -0.05) is 0 Å². The van der Waals surface area contributed by atoms with Crippen LogP contribution in [-0.2, 0) is 4.79 Å². The number of hydrogen-bond acceptors (Lipinski definition) is 5. The van der Waals surface area contributed by atoms with Crippen molar-refractivity contribution in [3.63, 3.8) is 0 Å². The summed E-state index contributed by atoms with van der Waals surface area (Å²) in [7, 11) is 0. The second-order valence-corrected chi connectivity index (χ2v) is 5.63. The molecule has 0 aliphatic heterocycles. The van der Waals surface area contributed by atoms with E-state index in [9.17, 15) is 4.79 Å². The lowest BCUT2D eigenvalue weighted by Gasteiger charge is -2.06. The van der Waals surface area contributed by atoms with Crippen LogP contribution in [0.15, 0.2) is 6.07 Å². The first-order valence-electron chi connectivity index (χ1n) is 6.84. The molecule has 2 heterocycles. The van der Waals surface area contributed by atoms with E-state index < -0.39 is 0 Å². The number of halogens is 1. The molecule has 0 spiro atoms. The molecular weight excluding hydrogens is 290 g/mol. The molecule has 0 saturated heterocycles. The molecule has 21 heavy (non-hydrogen) atoms. The Balaban J connectivity index is 1.95. The molecule has 0 unspecified atom stereocenters. The molecule has 2 aromatic rings. The third-order valence-electron chi connectivity index (χ3n) is 3.65. The van der Waals surface area contributed by atoms with Gasteiger partial charge in [-0.2, -0.15) is 4.68 Å². The normalized spacial score (nSPS) is 20.6. The van der Waals surface area contributed by atoms with E-state index in [1.54, 1.807) is 4.68 Å². The number of carbonyl (C=O) groups excluding carboxylic acids is 1. The summed E-state index contributed by atoms with van der Waals surface area (Å²) in [4.78, 5) is 24.8. The van der Waals surface area contributed by atoms with Crippen molar-refractivity contribution < 1.29 is 4.79 Å². The molecule has 0 amide bonds. The zero-order valence-corrected chi connectivity index (χ0v) is 12.9. The van der Waals surface area contributed by atoms with E-state index in [0.717, 1.165) is 17.9 Å². The Morgan fingerprint density at radius 2 is 2.05 bits per heavy atom. The standard InChI is InChI=1S/C14H16ClN5O/c1-7-17-12(10-4-11(10)13(21)6-15)5-14(18-7)20-9(3)16-8(2)19-20/h5,10-11H,4,6H2,1-3H3/t10-,11-/m1/s1. The van der Waals surface area contributed by atoms with Crippen LogP contribution in [0.2, 0.25) is 0 Å². The average molecular weight is 306 g/mol. The molecule has 2 atom stereocenters. The number of aryl methyl sites for hydroxylation is 3. The van der Waals surface area contributed by atoms with Gasteiger partial charge in [0.05, 0.1) is 11.6 Å². The Hall–Kier alpha value is -1.82. The largest absolute Gasteiger partial charge is 0.298 e. The fourth-order valence-corrected chi connectivity index (χ4v) is 2.79. The fraction of sp³-hybridized carbons (Fsp3) is 0.500. The highest BCUT2D eigenvalue weighted by Crippen LogP contribution is 2.47. The molecule has 110 valence electrons. The number of alkyl halides is 1. The van der Waals surface area contributed by atoms with Gasteiger partial charge in [0.25, 0.3) is 0 Å². The van der Waals surface area contributed by atoms with E-state index in [4.69, 9.17) is 11.6 Å². The number of hydrogen-bond donors (Lipinski definition) is 0. The summed E-state index contributed by atoms with van der Waals surface area (Å²) >= 11 is 5.62. The predicted octanol–water partition coefficient (Wildman–Crippen LogP) is 1.89. The fourth-order valence-electron chi connectivity index (χ4n) is 2.59. The summed E-state index contributed by atoms with van der Waals surface area (Å²) < 4.78 is 1.70. The highest BCUT2D eigenvalue weighted by atomic mass is 35.5. The molecule has 7 heteroatoms. The first-order chi connectivity index (χ1) is 9.99. The molecule has 0 bridgehead atoms. The van der Waals surface area contributed by atoms with Gasteiger partial charge in [-0.25, -0.2) is 15.0 Å². The predicted molar refractivity (Wildman–Crippen MR) is 77.7 cm³/mol. The second kappa shape index (κ2) is 5.18. The van der Waals surface area contributed by atoms with Gasteiger partial charge in [0.1, 0.15) is 17.5 Å². The molecule has 3 rings (SSSR count). The van der Waals surface area contributed by atoms with Crippen LogP contribution >= 0.6 is 11.6 Å². The lowest BCUT2D eigenvalue weighted by Crippen LogP contribution is -2.08. The van der Waals surface area contributed by atoms with Crippen molar-refractivity contribution in [3.8, 4) is 5.82 Å². The number of aromatic nitrogens is 5. The molecule has 1 saturated carbocycles. The average Bonchev–Trinajstić information content (AvgIpc) is 3.17. The van der Waals surface area contributed by atoms with Gasteiger partial charge in [0.2, 0.25) is 0 Å². The number of carbonyl (C=O) groups is 1. The van der Waals surface area contributed by atoms with E-state index in [2.05, 4.69) is 20.1 Å². The lowest BCUT2D eigenvalue weighted by molar-refractivity contribution is -0.117. The van der Waals surface area contributed by atoms with Crippen molar-refractivity contribution in [1.29, 1.82) is 0 Å². The van der Waals surface area contributed by atoms with Crippen molar-refractivity contribution in [2.75, 3.05) is 5.88 Å². The first-order valence-corrected chi connectivity index (χ1v) is 7.38. The summed E-state index contributed by atoms with van der Waals surface area (Å²) in [5, 5.41) is 4.34. The minimum atomic E-state index is 0.00299. The molecule has 6 nitrogen and oxygen atoms in total. The van der Waals surface area contributed by atoms with Gasteiger partial charge in [-0.15, -0.1) is 16.7 Å². The quantitative estimate of drug-likeness (QED) is 0.807. The van der Waals surface area contributed by atoms with E-state index in [-0.39, 0.29) is 23.5 Å². The zero-order chi connectivity index (χ0) is 15.1. The summed E-state index contributed by atoms with van der Waals surface area (Å²) in [5.41, 5.74) is 0.883. The maximum atomic E-state index is 11.7. The number of Topliss-reactive ketones (excluding diaryl/α,β-unsaturated/α-hetero) is 1. The topological polar surface area (TPSA) is 73.6 Å². The molecule has 0 radical (unpaired) electrons.